The molecule has 0 saturated carbocycles. The first-order valence-corrected chi connectivity index (χ1v) is 11.9. The van der Waals surface area contributed by atoms with Crippen molar-refractivity contribution in [2.24, 2.45) is 17.2 Å². The zero-order chi connectivity index (χ0) is 23.7. The molecule has 2 aliphatic carbocycles. The normalized spacial score (nSPS) is 16.8. The molecular formula is C30H32N4. The highest BCUT2D eigenvalue weighted by Gasteiger charge is 2.27. The van der Waals surface area contributed by atoms with Gasteiger partial charge >= 0.3 is 0 Å². The van der Waals surface area contributed by atoms with Crippen LogP contribution in [0, 0.1) is 0 Å². The van der Waals surface area contributed by atoms with E-state index >= 15 is 0 Å². The number of hydrogen-bond donors (Lipinski definition) is 4. The van der Waals surface area contributed by atoms with Crippen molar-refractivity contribution in [3.8, 4) is 0 Å². The summed E-state index contributed by atoms with van der Waals surface area (Å²) in [6, 6.07) is 25.6. The summed E-state index contributed by atoms with van der Waals surface area (Å²) < 4.78 is 0. The Hall–Kier alpha value is -3.60. The van der Waals surface area contributed by atoms with Crippen LogP contribution in [0.1, 0.15) is 36.0 Å². The van der Waals surface area contributed by atoms with Crippen LogP contribution >= 0.6 is 0 Å². The first-order chi connectivity index (χ1) is 16.4. The lowest BCUT2D eigenvalue weighted by Gasteiger charge is -2.29. The van der Waals surface area contributed by atoms with Crippen LogP contribution < -0.4 is 22.9 Å². The second-order valence-corrected chi connectivity index (χ2v) is 9.45. The molecule has 0 spiro atoms. The maximum Gasteiger partial charge on any atom is 0.109 e. The highest BCUT2D eigenvalue weighted by Crippen LogP contribution is 2.33. The zero-order valence-electron chi connectivity index (χ0n) is 19.4. The van der Waals surface area contributed by atoms with Gasteiger partial charge in [-0.05, 0) is 87.7 Å². The number of nitrogen functional groups attached to an aromatic ring is 1. The smallest absolute Gasteiger partial charge is 0.109 e. The third-order valence-corrected chi connectivity index (χ3v) is 7.02. The van der Waals surface area contributed by atoms with E-state index in [1.54, 1.807) is 17.2 Å². The monoisotopic (exact) mass is 448 g/mol. The molecule has 4 aromatic rings. The van der Waals surface area contributed by atoms with Crippen LogP contribution in [0.3, 0.4) is 0 Å². The van der Waals surface area contributed by atoms with Crippen molar-refractivity contribution >= 4 is 32.8 Å². The predicted octanol–water partition coefficient (Wildman–Crippen LogP) is 5.38. The van der Waals surface area contributed by atoms with Crippen LogP contribution in [-0.2, 0) is 12.8 Å². The fourth-order valence-electron chi connectivity index (χ4n) is 5.06. The van der Waals surface area contributed by atoms with E-state index in [0.29, 0.717) is 12.1 Å². The summed E-state index contributed by atoms with van der Waals surface area (Å²) in [7, 11) is 0. The van der Waals surface area contributed by atoms with Crippen molar-refractivity contribution in [2.75, 3.05) is 5.73 Å². The topological polar surface area (TPSA) is 104 Å². The maximum absolute atomic E-state index is 5.90. The molecule has 0 saturated heterocycles. The van der Waals surface area contributed by atoms with Crippen molar-refractivity contribution < 1.29 is 0 Å². The molecule has 6 rings (SSSR count). The first-order valence-electron chi connectivity index (χ1n) is 11.9. The van der Waals surface area contributed by atoms with E-state index < -0.39 is 5.66 Å². The van der Waals surface area contributed by atoms with Crippen LogP contribution in [0.25, 0.3) is 27.1 Å². The maximum atomic E-state index is 5.90. The molecule has 8 N–H and O–H groups in total. The Labute approximate surface area is 200 Å². The van der Waals surface area contributed by atoms with E-state index in [2.05, 4.69) is 48.5 Å². The van der Waals surface area contributed by atoms with Gasteiger partial charge in [-0.2, -0.15) is 0 Å². The summed E-state index contributed by atoms with van der Waals surface area (Å²) >= 11 is 0. The van der Waals surface area contributed by atoms with Gasteiger partial charge in [-0.25, -0.2) is 0 Å². The van der Waals surface area contributed by atoms with Gasteiger partial charge in [0.05, 0.1) is 0 Å². The standard InChI is InChI=1S/C18H16.C12H16N4/c1-3-7-15-13(5-1)9-11-18-16-8-4-2-6-14(16)10-12-17(15)18;13-10-4-1-8(2-5-10)9-3-6-11(14)12(15,16)7-9/h1,3,5,7,9-12H,2,4,6,8H2;1-6H,7,13-16H2. The van der Waals surface area contributed by atoms with Crippen LogP contribution in [0.5, 0.6) is 0 Å². The van der Waals surface area contributed by atoms with Crippen LogP contribution in [0.2, 0.25) is 0 Å². The van der Waals surface area contributed by atoms with Gasteiger partial charge in [0.1, 0.15) is 5.66 Å². The van der Waals surface area contributed by atoms with E-state index in [-0.39, 0.29) is 0 Å². The number of aryl methyl sites for hydroxylation is 2. The number of allylic oxidation sites excluding steroid dienone is 2. The third kappa shape index (κ3) is 4.30. The van der Waals surface area contributed by atoms with Crippen LogP contribution in [0.4, 0.5) is 5.69 Å². The molecule has 0 unspecified atom stereocenters. The minimum atomic E-state index is -0.953. The first kappa shape index (κ1) is 22.2. The Morgan fingerprint density at radius 3 is 2.18 bits per heavy atom. The quantitative estimate of drug-likeness (QED) is 0.178. The molecule has 0 aromatic heterocycles. The van der Waals surface area contributed by atoms with Crippen molar-refractivity contribution in [3.63, 3.8) is 0 Å². The molecule has 34 heavy (non-hydrogen) atoms. The Morgan fingerprint density at radius 1 is 0.647 bits per heavy atom. The average Bonchev–Trinajstić information content (AvgIpc) is 2.86. The minimum absolute atomic E-state index is 0.506. The zero-order valence-corrected chi connectivity index (χ0v) is 19.4. The number of rotatable bonds is 1. The molecule has 0 heterocycles. The molecule has 4 heteroatoms. The van der Waals surface area contributed by atoms with E-state index in [9.17, 15) is 0 Å². The summed E-state index contributed by atoms with van der Waals surface area (Å²) in [6.07, 6.45) is 9.45. The third-order valence-electron chi connectivity index (χ3n) is 7.02. The Bertz CT molecular complexity index is 1410. The molecule has 2 aliphatic rings. The van der Waals surface area contributed by atoms with Gasteiger partial charge in [0.25, 0.3) is 0 Å². The molecule has 4 nitrogen and oxygen atoms in total. The molecule has 0 amide bonds. The number of anilines is 1. The minimum Gasteiger partial charge on any atom is -0.399 e. The van der Waals surface area contributed by atoms with Crippen LogP contribution in [-0.4, -0.2) is 5.66 Å². The van der Waals surface area contributed by atoms with Gasteiger partial charge in [0, 0.05) is 17.8 Å². The largest absolute Gasteiger partial charge is 0.399 e. The van der Waals surface area contributed by atoms with Crippen LogP contribution in [0.15, 0.2) is 90.6 Å². The number of benzene rings is 4. The Morgan fingerprint density at radius 2 is 1.38 bits per heavy atom. The predicted molar refractivity (Wildman–Crippen MR) is 145 cm³/mol. The SMILES string of the molecule is NC1=CC=C(c2ccc(N)cc2)CC1(N)N.c1ccc2c(c1)ccc1c3c(ccc12)CCCC3. The van der Waals surface area contributed by atoms with Gasteiger partial charge in [0.15, 0.2) is 0 Å². The second-order valence-electron chi connectivity index (χ2n) is 9.45. The fraction of sp³-hybridized carbons (Fsp3) is 0.200. The lowest BCUT2D eigenvalue weighted by atomic mass is 9.86. The van der Waals surface area contributed by atoms with Gasteiger partial charge in [-0.3, -0.25) is 0 Å². The van der Waals surface area contributed by atoms with E-state index in [0.717, 1.165) is 16.8 Å². The lowest BCUT2D eigenvalue weighted by molar-refractivity contribution is 0.523. The summed E-state index contributed by atoms with van der Waals surface area (Å²) in [5.41, 5.74) is 28.8. The van der Waals surface area contributed by atoms with E-state index in [1.165, 1.54) is 47.2 Å². The number of fused-ring (bicyclic) bond motifs is 5. The van der Waals surface area contributed by atoms with Crippen molar-refractivity contribution in [3.05, 3.63) is 107 Å². The van der Waals surface area contributed by atoms with Gasteiger partial charge in [-0.15, -0.1) is 0 Å². The molecule has 172 valence electrons. The molecule has 0 radical (unpaired) electrons. The lowest BCUT2D eigenvalue weighted by Crippen LogP contribution is -2.54. The van der Waals surface area contributed by atoms with E-state index in [4.69, 9.17) is 22.9 Å². The molecule has 0 fully saturated rings. The molecule has 0 aliphatic heterocycles. The fourth-order valence-corrected chi connectivity index (χ4v) is 5.06. The highest BCUT2D eigenvalue weighted by atomic mass is 15.0. The number of nitrogens with two attached hydrogens (primary N) is 4. The Kier molecular flexibility index (Phi) is 5.86. The van der Waals surface area contributed by atoms with Crippen molar-refractivity contribution in [1.29, 1.82) is 0 Å². The second kappa shape index (κ2) is 8.98. The number of hydrogen-bond acceptors (Lipinski definition) is 4. The highest BCUT2D eigenvalue weighted by molar-refractivity contribution is 6.08. The molecular weight excluding hydrogens is 416 g/mol. The summed E-state index contributed by atoms with van der Waals surface area (Å²) in [5.74, 6) is 0. The summed E-state index contributed by atoms with van der Waals surface area (Å²) in [5, 5.41) is 5.64. The molecule has 0 bridgehead atoms. The van der Waals surface area contributed by atoms with Crippen molar-refractivity contribution in [1.82, 2.24) is 0 Å². The van der Waals surface area contributed by atoms with E-state index in [1.807, 2.05) is 30.3 Å². The van der Waals surface area contributed by atoms with Gasteiger partial charge in [-0.1, -0.05) is 66.7 Å². The summed E-state index contributed by atoms with van der Waals surface area (Å²) in [6.45, 7) is 0. The molecule has 4 aromatic carbocycles. The summed E-state index contributed by atoms with van der Waals surface area (Å²) in [4.78, 5) is 0. The van der Waals surface area contributed by atoms with Gasteiger partial charge < -0.3 is 22.9 Å². The molecule has 0 atom stereocenters. The van der Waals surface area contributed by atoms with Gasteiger partial charge in [0.2, 0.25) is 0 Å². The Balaban J connectivity index is 0.000000143. The average molecular weight is 449 g/mol. The van der Waals surface area contributed by atoms with Crippen molar-refractivity contribution in [2.45, 2.75) is 37.8 Å².